The first-order chi connectivity index (χ1) is 10.4. The van der Waals surface area contributed by atoms with Crippen LogP contribution in [0.3, 0.4) is 0 Å². The number of hydrogen-bond acceptors (Lipinski definition) is 4. The molecule has 0 aromatic carbocycles. The molecule has 1 saturated heterocycles. The number of hydrogen-bond donors (Lipinski definition) is 1. The molecular formula is C15H27ClN2O4. The van der Waals surface area contributed by atoms with Gasteiger partial charge in [0.15, 0.2) is 0 Å². The minimum absolute atomic E-state index is 0.0434. The van der Waals surface area contributed by atoms with E-state index >= 15 is 0 Å². The molecule has 0 atom stereocenters. The molecule has 0 unspecified atom stereocenters. The third kappa shape index (κ3) is 6.10. The average Bonchev–Trinajstić information content (AvgIpc) is 2.51. The largest absolute Gasteiger partial charge is 0.382 e. The summed E-state index contributed by atoms with van der Waals surface area (Å²) in [5, 5.41) is 2.94. The fourth-order valence-corrected chi connectivity index (χ4v) is 2.40. The lowest BCUT2D eigenvalue weighted by atomic mass is 9.92. The molecule has 0 bridgehead atoms. The highest BCUT2D eigenvalue weighted by Crippen LogP contribution is 2.23. The van der Waals surface area contributed by atoms with Crippen molar-refractivity contribution in [2.75, 3.05) is 45.9 Å². The number of likely N-dealkylation sites (tertiary alicyclic amines) is 1. The normalized spacial score (nSPS) is 16.6. The van der Waals surface area contributed by atoms with E-state index in [4.69, 9.17) is 21.1 Å². The van der Waals surface area contributed by atoms with Crippen LogP contribution in [0.25, 0.3) is 0 Å². The smallest absolute Gasteiger partial charge is 0.246 e. The van der Waals surface area contributed by atoms with E-state index in [0.717, 1.165) is 12.8 Å². The van der Waals surface area contributed by atoms with Gasteiger partial charge >= 0.3 is 0 Å². The minimum atomic E-state index is -0.535. The number of rotatable bonds is 8. The van der Waals surface area contributed by atoms with Crippen molar-refractivity contribution >= 4 is 23.4 Å². The summed E-state index contributed by atoms with van der Waals surface area (Å²) >= 11 is 5.85. The number of piperidine rings is 1. The van der Waals surface area contributed by atoms with Crippen molar-refractivity contribution in [3.05, 3.63) is 0 Å². The van der Waals surface area contributed by atoms with Crippen LogP contribution in [0.1, 0.15) is 26.7 Å². The van der Waals surface area contributed by atoms with Gasteiger partial charge in [-0.15, -0.1) is 11.6 Å². The van der Waals surface area contributed by atoms with Crippen LogP contribution in [-0.4, -0.2) is 68.7 Å². The molecule has 6 nitrogen and oxygen atoms in total. The van der Waals surface area contributed by atoms with Gasteiger partial charge in [0.2, 0.25) is 11.8 Å². The molecule has 128 valence electrons. The summed E-state index contributed by atoms with van der Waals surface area (Å²) in [5.74, 6) is 0.263. The standard InChI is InChI=1S/C15H27ClN2O4/c1-15(2,11-16)14(20)18-6-4-12(5-7-18)17-13(19)10-22-9-8-21-3/h12H,4-11H2,1-3H3,(H,17,19). The van der Waals surface area contributed by atoms with Crippen LogP contribution >= 0.6 is 11.6 Å². The molecule has 0 radical (unpaired) electrons. The van der Waals surface area contributed by atoms with Crippen molar-refractivity contribution in [3.8, 4) is 0 Å². The summed E-state index contributed by atoms with van der Waals surface area (Å²) in [5.41, 5.74) is -0.535. The molecule has 22 heavy (non-hydrogen) atoms. The molecule has 1 aliphatic rings. The predicted molar refractivity (Wildman–Crippen MR) is 84.9 cm³/mol. The molecule has 1 heterocycles. The molecule has 1 aliphatic heterocycles. The van der Waals surface area contributed by atoms with Crippen molar-refractivity contribution in [2.45, 2.75) is 32.7 Å². The first kappa shape index (κ1) is 19.2. The third-order valence-corrected chi connectivity index (χ3v) is 4.39. The number of alkyl halides is 1. The first-order valence-electron chi connectivity index (χ1n) is 7.62. The maximum absolute atomic E-state index is 12.3. The van der Waals surface area contributed by atoms with Crippen molar-refractivity contribution in [2.24, 2.45) is 5.41 Å². The van der Waals surface area contributed by atoms with Gasteiger partial charge in [-0.3, -0.25) is 9.59 Å². The van der Waals surface area contributed by atoms with Gasteiger partial charge in [-0.2, -0.15) is 0 Å². The van der Waals surface area contributed by atoms with Crippen LogP contribution < -0.4 is 5.32 Å². The Morgan fingerprint density at radius 3 is 2.45 bits per heavy atom. The third-order valence-electron chi connectivity index (χ3n) is 3.73. The van der Waals surface area contributed by atoms with Crippen LogP contribution in [0, 0.1) is 5.41 Å². The molecule has 1 fully saturated rings. The highest BCUT2D eigenvalue weighted by molar-refractivity contribution is 6.19. The number of carbonyl (C=O) groups excluding carboxylic acids is 2. The Hall–Kier alpha value is -0.850. The van der Waals surface area contributed by atoms with E-state index in [2.05, 4.69) is 5.32 Å². The summed E-state index contributed by atoms with van der Waals surface area (Å²) in [7, 11) is 1.59. The predicted octanol–water partition coefficient (Wildman–Crippen LogP) is 1.02. The maximum Gasteiger partial charge on any atom is 0.246 e. The fourth-order valence-electron chi connectivity index (χ4n) is 2.29. The highest BCUT2D eigenvalue weighted by Gasteiger charge is 2.33. The molecule has 0 spiro atoms. The minimum Gasteiger partial charge on any atom is -0.382 e. The van der Waals surface area contributed by atoms with Gasteiger partial charge in [-0.1, -0.05) is 0 Å². The van der Waals surface area contributed by atoms with Crippen molar-refractivity contribution in [1.29, 1.82) is 0 Å². The van der Waals surface area contributed by atoms with E-state index < -0.39 is 5.41 Å². The van der Waals surface area contributed by atoms with E-state index in [-0.39, 0.29) is 24.5 Å². The monoisotopic (exact) mass is 334 g/mol. The van der Waals surface area contributed by atoms with Crippen LogP contribution in [0.2, 0.25) is 0 Å². The highest BCUT2D eigenvalue weighted by atomic mass is 35.5. The van der Waals surface area contributed by atoms with Gasteiger partial charge < -0.3 is 19.7 Å². The Labute approximate surface area is 137 Å². The number of methoxy groups -OCH3 is 1. The zero-order chi connectivity index (χ0) is 16.6. The number of ether oxygens (including phenoxy) is 2. The van der Waals surface area contributed by atoms with Gasteiger partial charge in [0, 0.05) is 32.1 Å². The summed E-state index contributed by atoms with van der Waals surface area (Å²) in [4.78, 5) is 25.9. The lowest BCUT2D eigenvalue weighted by molar-refractivity contribution is -0.140. The summed E-state index contributed by atoms with van der Waals surface area (Å²) < 4.78 is 10.0. The Bertz CT molecular complexity index is 369. The zero-order valence-corrected chi connectivity index (χ0v) is 14.4. The van der Waals surface area contributed by atoms with Crippen molar-refractivity contribution < 1.29 is 19.1 Å². The number of nitrogens with one attached hydrogen (secondary N) is 1. The van der Waals surface area contributed by atoms with Gasteiger partial charge in [-0.05, 0) is 26.7 Å². The lowest BCUT2D eigenvalue weighted by Crippen LogP contribution is -2.50. The second-order valence-electron chi connectivity index (χ2n) is 6.20. The van der Waals surface area contributed by atoms with Crippen molar-refractivity contribution in [1.82, 2.24) is 10.2 Å². The molecule has 0 aliphatic carbocycles. The van der Waals surface area contributed by atoms with E-state index in [1.165, 1.54) is 0 Å². The van der Waals surface area contributed by atoms with E-state index in [1.54, 1.807) is 7.11 Å². The number of carbonyl (C=O) groups is 2. The Morgan fingerprint density at radius 2 is 1.91 bits per heavy atom. The molecular weight excluding hydrogens is 308 g/mol. The average molecular weight is 335 g/mol. The molecule has 0 aromatic heterocycles. The van der Waals surface area contributed by atoms with Crippen LogP contribution in [-0.2, 0) is 19.1 Å². The number of amides is 2. The fraction of sp³-hybridized carbons (Fsp3) is 0.867. The Balaban J connectivity index is 2.28. The molecule has 0 aromatic rings. The first-order valence-corrected chi connectivity index (χ1v) is 8.15. The van der Waals surface area contributed by atoms with E-state index in [0.29, 0.717) is 32.2 Å². The zero-order valence-electron chi connectivity index (χ0n) is 13.7. The van der Waals surface area contributed by atoms with Crippen LogP contribution in [0.5, 0.6) is 0 Å². The Kier molecular flexibility index (Phi) is 8.14. The molecule has 1 N–H and O–H groups in total. The van der Waals surface area contributed by atoms with Crippen LogP contribution in [0.15, 0.2) is 0 Å². The maximum atomic E-state index is 12.3. The lowest BCUT2D eigenvalue weighted by Gasteiger charge is -2.36. The number of nitrogens with zero attached hydrogens (tertiary/aromatic N) is 1. The molecule has 0 saturated carbocycles. The molecule has 7 heteroatoms. The van der Waals surface area contributed by atoms with Crippen LogP contribution in [0.4, 0.5) is 0 Å². The van der Waals surface area contributed by atoms with E-state index in [9.17, 15) is 9.59 Å². The van der Waals surface area contributed by atoms with E-state index in [1.807, 2.05) is 18.7 Å². The SMILES string of the molecule is COCCOCC(=O)NC1CCN(C(=O)C(C)(C)CCl)CC1. The van der Waals surface area contributed by atoms with Crippen molar-refractivity contribution in [3.63, 3.8) is 0 Å². The van der Waals surface area contributed by atoms with Gasteiger partial charge in [0.1, 0.15) is 6.61 Å². The number of halogens is 1. The topological polar surface area (TPSA) is 67.9 Å². The summed E-state index contributed by atoms with van der Waals surface area (Å²) in [6.07, 6.45) is 1.52. The molecule has 2 amide bonds. The Morgan fingerprint density at radius 1 is 1.27 bits per heavy atom. The quantitative estimate of drug-likeness (QED) is 0.531. The molecule has 1 rings (SSSR count). The van der Waals surface area contributed by atoms with Gasteiger partial charge in [-0.25, -0.2) is 0 Å². The summed E-state index contributed by atoms with van der Waals surface area (Å²) in [6, 6.07) is 0.0988. The second-order valence-corrected chi connectivity index (χ2v) is 6.46. The second kappa shape index (κ2) is 9.33. The van der Waals surface area contributed by atoms with Gasteiger partial charge in [0.05, 0.1) is 18.6 Å². The summed E-state index contributed by atoms with van der Waals surface area (Å²) in [6.45, 7) is 5.93. The van der Waals surface area contributed by atoms with Gasteiger partial charge in [0.25, 0.3) is 0 Å².